The Morgan fingerprint density at radius 2 is 2.20 bits per heavy atom. The van der Waals surface area contributed by atoms with Crippen LogP contribution in [-0.2, 0) is 4.74 Å². The van der Waals surface area contributed by atoms with Crippen LogP contribution in [0.25, 0.3) is 5.95 Å². The van der Waals surface area contributed by atoms with Gasteiger partial charge in [0.1, 0.15) is 12.7 Å². The van der Waals surface area contributed by atoms with Crippen molar-refractivity contribution in [2.24, 2.45) is 0 Å². The van der Waals surface area contributed by atoms with Gasteiger partial charge in [0.25, 0.3) is 5.95 Å². The smallest absolute Gasteiger partial charge is 0.258 e. The number of halogens is 1. The van der Waals surface area contributed by atoms with Crippen LogP contribution in [0.15, 0.2) is 12.7 Å². The molecule has 0 spiro atoms. The van der Waals surface area contributed by atoms with E-state index in [1.54, 1.807) is 0 Å². The molecular weight excluding hydrogens is 286 g/mol. The molecule has 0 saturated carbocycles. The van der Waals surface area contributed by atoms with Gasteiger partial charge in [-0.05, 0) is 11.6 Å². The first-order valence-corrected chi connectivity index (χ1v) is 6.38. The van der Waals surface area contributed by atoms with Crippen LogP contribution in [0.1, 0.15) is 0 Å². The molecule has 1 saturated heterocycles. The monoisotopic (exact) mass is 297 g/mol. The third-order valence-electron chi connectivity index (χ3n) is 2.83. The Labute approximate surface area is 119 Å². The molecule has 3 heterocycles. The Kier molecular flexibility index (Phi) is 3.72. The van der Waals surface area contributed by atoms with Gasteiger partial charge in [0, 0.05) is 13.1 Å². The molecule has 0 aliphatic carbocycles. The van der Waals surface area contributed by atoms with Crippen LogP contribution in [0.2, 0.25) is 5.28 Å². The molecule has 9 nitrogen and oxygen atoms in total. The first-order chi connectivity index (χ1) is 9.76. The third kappa shape index (κ3) is 2.69. The second kappa shape index (κ2) is 5.65. The highest BCUT2D eigenvalue weighted by Crippen LogP contribution is 2.16. The van der Waals surface area contributed by atoms with Gasteiger partial charge < -0.3 is 14.7 Å². The molecule has 1 unspecified atom stereocenters. The van der Waals surface area contributed by atoms with Crippen LogP contribution in [0.4, 0.5) is 5.95 Å². The zero-order valence-electron chi connectivity index (χ0n) is 10.4. The molecule has 3 rings (SSSR count). The number of nitrogens with zero attached hydrogens (tertiary/aromatic N) is 7. The van der Waals surface area contributed by atoms with Crippen molar-refractivity contribution in [1.29, 1.82) is 0 Å². The average Bonchev–Trinajstić information content (AvgIpc) is 3.01. The summed E-state index contributed by atoms with van der Waals surface area (Å²) in [5, 5.41) is 13.2. The summed E-state index contributed by atoms with van der Waals surface area (Å²) in [4.78, 5) is 18.1. The second-order valence-corrected chi connectivity index (χ2v) is 4.50. The number of ether oxygens (including phenoxy) is 1. The molecule has 0 aromatic carbocycles. The summed E-state index contributed by atoms with van der Waals surface area (Å²) in [6.07, 6.45) is 2.60. The Hall–Kier alpha value is -1.84. The Morgan fingerprint density at radius 1 is 1.35 bits per heavy atom. The van der Waals surface area contributed by atoms with Gasteiger partial charge in [-0.3, -0.25) is 0 Å². The van der Waals surface area contributed by atoms with Crippen molar-refractivity contribution < 1.29 is 9.84 Å². The lowest BCUT2D eigenvalue weighted by molar-refractivity contribution is 0.00313. The molecule has 1 aliphatic rings. The van der Waals surface area contributed by atoms with Crippen molar-refractivity contribution >= 4 is 17.5 Å². The molecule has 1 atom stereocenters. The van der Waals surface area contributed by atoms with Crippen molar-refractivity contribution in [2.45, 2.75) is 6.10 Å². The number of hydrogen-bond donors (Lipinski definition) is 1. The van der Waals surface area contributed by atoms with E-state index in [9.17, 15) is 0 Å². The number of morpholine rings is 1. The van der Waals surface area contributed by atoms with E-state index < -0.39 is 0 Å². The van der Waals surface area contributed by atoms with E-state index in [1.165, 1.54) is 17.3 Å². The molecule has 0 bridgehead atoms. The molecule has 1 fully saturated rings. The van der Waals surface area contributed by atoms with E-state index in [0.29, 0.717) is 31.6 Å². The van der Waals surface area contributed by atoms with E-state index >= 15 is 0 Å². The van der Waals surface area contributed by atoms with Gasteiger partial charge in [0.2, 0.25) is 11.2 Å². The first kappa shape index (κ1) is 13.2. The highest BCUT2D eigenvalue weighted by molar-refractivity contribution is 6.28. The van der Waals surface area contributed by atoms with Gasteiger partial charge in [-0.1, -0.05) is 0 Å². The molecule has 2 aromatic rings. The van der Waals surface area contributed by atoms with Crippen LogP contribution < -0.4 is 4.90 Å². The van der Waals surface area contributed by atoms with Gasteiger partial charge in [-0.15, -0.1) is 0 Å². The van der Waals surface area contributed by atoms with Crippen LogP contribution in [-0.4, -0.2) is 67.2 Å². The normalized spacial score (nSPS) is 19.3. The average molecular weight is 298 g/mol. The van der Waals surface area contributed by atoms with Crippen LogP contribution >= 0.6 is 11.6 Å². The van der Waals surface area contributed by atoms with Gasteiger partial charge in [0.05, 0.1) is 19.3 Å². The predicted molar refractivity (Wildman–Crippen MR) is 68.8 cm³/mol. The lowest BCUT2D eigenvalue weighted by Crippen LogP contribution is -2.45. The van der Waals surface area contributed by atoms with E-state index in [2.05, 4.69) is 25.0 Å². The van der Waals surface area contributed by atoms with Crippen LogP contribution in [0.3, 0.4) is 0 Å². The largest absolute Gasteiger partial charge is 0.394 e. The Morgan fingerprint density at radius 3 is 2.95 bits per heavy atom. The minimum absolute atomic E-state index is 0.0503. The van der Waals surface area contributed by atoms with Crippen molar-refractivity contribution in [3.05, 3.63) is 17.9 Å². The van der Waals surface area contributed by atoms with Crippen molar-refractivity contribution in [3.63, 3.8) is 0 Å². The molecule has 0 radical (unpaired) electrons. The van der Waals surface area contributed by atoms with E-state index in [4.69, 9.17) is 21.4 Å². The lowest BCUT2D eigenvalue weighted by atomic mass is 10.3. The second-order valence-electron chi connectivity index (χ2n) is 4.17. The minimum Gasteiger partial charge on any atom is -0.394 e. The fourth-order valence-electron chi connectivity index (χ4n) is 1.90. The van der Waals surface area contributed by atoms with Crippen molar-refractivity contribution in [2.75, 3.05) is 31.2 Å². The number of hydrogen-bond acceptors (Lipinski definition) is 8. The summed E-state index contributed by atoms with van der Waals surface area (Å²) in [6, 6.07) is 0. The maximum atomic E-state index is 9.16. The quantitative estimate of drug-likeness (QED) is 0.794. The van der Waals surface area contributed by atoms with E-state index in [-0.39, 0.29) is 18.0 Å². The third-order valence-corrected chi connectivity index (χ3v) is 3.00. The number of aliphatic hydroxyl groups is 1. The summed E-state index contributed by atoms with van der Waals surface area (Å²) in [7, 11) is 0. The summed E-state index contributed by atoms with van der Waals surface area (Å²) in [5.74, 6) is 0.724. The van der Waals surface area contributed by atoms with Crippen molar-refractivity contribution in [3.8, 4) is 5.95 Å². The standard InChI is InChI=1S/C10H12ClN7O2/c11-8-14-9(17-1-2-20-7(3-17)4-19)16-10(15-8)18-6-12-5-13-18/h5-7,19H,1-4H2. The number of anilines is 1. The van der Waals surface area contributed by atoms with E-state index in [1.807, 2.05) is 4.90 Å². The van der Waals surface area contributed by atoms with Crippen molar-refractivity contribution in [1.82, 2.24) is 29.7 Å². The molecule has 10 heteroatoms. The molecule has 2 aromatic heterocycles. The van der Waals surface area contributed by atoms with Gasteiger partial charge >= 0.3 is 0 Å². The fourth-order valence-corrected chi connectivity index (χ4v) is 2.05. The number of rotatable bonds is 3. The van der Waals surface area contributed by atoms with Gasteiger partial charge in [-0.25, -0.2) is 4.98 Å². The molecule has 20 heavy (non-hydrogen) atoms. The first-order valence-electron chi connectivity index (χ1n) is 6.00. The lowest BCUT2D eigenvalue weighted by Gasteiger charge is -2.31. The minimum atomic E-state index is -0.255. The number of aromatic nitrogens is 6. The summed E-state index contributed by atoms with van der Waals surface area (Å²) in [5.41, 5.74) is 0. The summed E-state index contributed by atoms with van der Waals surface area (Å²) < 4.78 is 6.79. The van der Waals surface area contributed by atoms with Gasteiger partial charge in [0.15, 0.2) is 0 Å². The molecule has 1 N–H and O–H groups in total. The van der Waals surface area contributed by atoms with E-state index in [0.717, 1.165) is 0 Å². The highest BCUT2D eigenvalue weighted by atomic mass is 35.5. The Bertz CT molecular complexity index is 579. The SMILES string of the molecule is OCC1CN(c2nc(Cl)nc(-n3cncn3)n2)CCO1. The molecular formula is C10H12ClN7O2. The van der Waals surface area contributed by atoms with Crippen LogP contribution in [0, 0.1) is 0 Å². The number of aliphatic hydroxyl groups excluding tert-OH is 1. The maximum absolute atomic E-state index is 9.16. The maximum Gasteiger partial charge on any atom is 0.258 e. The predicted octanol–water partition coefficient (Wildman–Crippen LogP) is -0.697. The molecule has 1 aliphatic heterocycles. The van der Waals surface area contributed by atoms with Crippen LogP contribution in [0.5, 0.6) is 0 Å². The summed E-state index contributed by atoms with van der Waals surface area (Å²) in [6.45, 7) is 1.56. The zero-order valence-corrected chi connectivity index (χ0v) is 11.2. The highest BCUT2D eigenvalue weighted by Gasteiger charge is 2.23. The fraction of sp³-hybridized carbons (Fsp3) is 0.500. The molecule has 0 amide bonds. The topological polar surface area (TPSA) is 102 Å². The van der Waals surface area contributed by atoms with Gasteiger partial charge in [-0.2, -0.15) is 24.7 Å². The molecule has 106 valence electrons. The zero-order chi connectivity index (χ0) is 13.9. The summed E-state index contributed by atoms with van der Waals surface area (Å²) >= 11 is 5.93. The Balaban J connectivity index is 1.89.